The summed E-state index contributed by atoms with van der Waals surface area (Å²) in [6.07, 6.45) is 1.64. The summed E-state index contributed by atoms with van der Waals surface area (Å²) >= 11 is 0. The number of rotatable bonds is 2. The Kier molecular flexibility index (Phi) is 3.06. The number of carbonyl (C=O) groups excluding carboxylic acids is 2. The Bertz CT molecular complexity index is 461. The van der Waals surface area contributed by atoms with Gasteiger partial charge in [-0.1, -0.05) is 0 Å². The van der Waals surface area contributed by atoms with E-state index in [1.165, 1.54) is 0 Å². The summed E-state index contributed by atoms with van der Waals surface area (Å²) in [4.78, 5) is 28.8. The number of hydrogen-bond donors (Lipinski definition) is 2. The van der Waals surface area contributed by atoms with Crippen molar-refractivity contribution in [2.75, 3.05) is 11.4 Å². The van der Waals surface area contributed by atoms with Gasteiger partial charge in [-0.25, -0.2) is 0 Å². The van der Waals surface area contributed by atoms with Gasteiger partial charge in [0.2, 0.25) is 11.8 Å². The van der Waals surface area contributed by atoms with E-state index >= 15 is 0 Å². The zero-order chi connectivity index (χ0) is 12.4. The lowest BCUT2D eigenvalue weighted by atomic mass is 10.1. The predicted molar refractivity (Wildman–Crippen MR) is 62.1 cm³/mol. The van der Waals surface area contributed by atoms with Gasteiger partial charge in [-0.2, -0.15) is 0 Å². The first-order valence-corrected chi connectivity index (χ1v) is 5.37. The smallest absolute Gasteiger partial charge is 0.249 e. The molecule has 0 spiro atoms. The Hall–Kier alpha value is -1.95. The first-order chi connectivity index (χ1) is 8.13. The van der Waals surface area contributed by atoms with E-state index in [0.717, 1.165) is 5.69 Å². The molecular weight excluding hydrogens is 220 g/mol. The van der Waals surface area contributed by atoms with Gasteiger partial charge in [0.1, 0.15) is 6.04 Å². The largest absolute Gasteiger partial charge is 0.349 e. The third kappa shape index (κ3) is 2.12. The van der Waals surface area contributed by atoms with Crippen molar-refractivity contribution in [2.24, 2.45) is 5.73 Å². The molecule has 1 atom stereocenters. The fourth-order valence-corrected chi connectivity index (χ4v) is 1.86. The molecule has 1 aromatic heterocycles. The summed E-state index contributed by atoms with van der Waals surface area (Å²) in [7, 11) is 0. The molecule has 0 aromatic carbocycles. The lowest BCUT2D eigenvalue weighted by molar-refractivity contribution is -0.132. The average Bonchev–Trinajstić information content (AvgIpc) is 2.33. The molecule has 17 heavy (non-hydrogen) atoms. The number of aromatic nitrogens is 1. The van der Waals surface area contributed by atoms with Crippen LogP contribution in [-0.2, 0) is 16.1 Å². The SMILES string of the molecule is CC1C(=O)NC(=O)CN1c1cccnc1CN. The second kappa shape index (κ2) is 4.50. The van der Waals surface area contributed by atoms with Crippen molar-refractivity contribution in [2.45, 2.75) is 19.5 Å². The standard InChI is InChI=1S/C11H14N4O2/c1-7-11(17)14-10(16)6-15(7)9-3-2-4-13-8(9)5-12/h2-4,7H,5-6,12H2,1H3,(H,14,16,17). The minimum Gasteiger partial charge on any atom is -0.349 e. The van der Waals surface area contributed by atoms with Crippen LogP contribution in [0.2, 0.25) is 0 Å². The molecule has 2 rings (SSSR count). The molecule has 0 aliphatic carbocycles. The maximum absolute atomic E-state index is 11.6. The highest BCUT2D eigenvalue weighted by molar-refractivity contribution is 6.04. The van der Waals surface area contributed by atoms with Gasteiger partial charge < -0.3 is 10.6 Å². The van der Waals surface area contributed by atoms with E-state index in [9.17, 15) is 9.59 Å². The van der Waals surface area contributed by atoms with Crippen LogP contribution in [0.4, 0.5) is 5.69 Å². The minimum atomic E-state index is -0.401. The van der Waals surface area contributed by atoms with Crippen LogP contribution in [0.15, 0.2) is 18.3 Å². The van der Waals surface area contributed by atoms with Gasteiger partial charge in [-0.05, 0) is 19.1 Å². The molecular formula is C11H14N4O2. The molecule has 1 aromatic rings. The van der Waals surface area contributed by atoms with E-state index < -0.39 is 6.04 Å². The van der Waals surface area contributed by atoms with E-state index in [1.807, 2.05) is 6.07 Å². The van der Waals surface area contributed by atoms with Gasteiger partial charge in [0.05, 0.1) is 17.9 Å². The topological polar surface area (TPSA) is 88.3 Å². The van der Waals surface area contributed by atoms with Crippen molar-refractivity contribution in [1.82, 2.24) is 10.3 Å². The number of nitrogens with two attached hydrogens (primary N) is 1. The predicted octanol–water partition coefficient (Wildman–Crippen LogP) is -0.608. The molecule has 2 amide bonds. The molecule has 1 saturated heterocycles. The number of anilines is 1. The van der Waals surface area contributed by atoms with E-state index in [2.05, 4.69) is 10.3 Å². The summed E-state index contributed by atoms with van der Waals surface area (Å²) in [5, 5.41) is 2.30. The minimum absolute atomic E-state index is 0.144. The van der Waals surface area contributed by atoms with Gasteiger partial charge in [-0.3, -0.25) is 19.9 Å². The van der Waals surface area contributed by atoms with E-state index in [-0.39, 0.29) is 24.9 Å². The number of piperazine rings is 1. The Labute approximate surface area is 98.8 Å². The monoisotopic (exact) mass is 234 g/mol. The van der Waals surface area contributed by atoms with Crippen LogP contribution in [0.3, 0.4) is 0 Å². The quantitative estimate of drug-likeness (QED) is 0.666. The Balaban J connectivity index is 2.37. The molecule has 6 heteroatoms. The highest BCUT2D eigenvalue weighted by atomic mass is 16.2. The highest BCUT2D eigenvalue weighted by Crippen LogP contribution is 2.21. The number of nitrogens with zero attached hydrogens (tertiary/aromatic N) is 2. The van der Waals surface area contributed by atoms with Crippen molar-refractivity contribution in [3.8, 4) is 0 Å². The van der Waals surface area contributed by atoms with Crippen LogP contribution in [0.1, 0.15) is 12.6 Å². The van der Waals surface area contributed by atoms with E-state index in [4.69, 9.17) is 5.73 Å². The van der Waals surface area contributed by atoms with Crippen LogP contribution in [0.5, 0.6) is 0 Å². The molecule has 1 aliphatic heterocycles. The molecule has 0 saturated carbocycles. The molecule has 90 valence electrons. The molecule has 1 aliphatic rings. The lowest BCUT2D eigenvalue weighted by Crippen LogP contribution is -2.57. The van der Waals surface area contributed by atoms with Crippen LogP contribution < -0.4 is 16.0 Å². The normalized spacial score (nSPS) is 20.4. The molecule has 1 fully saturated rings. The van der Waals surface area contributed by atoms with Gasteiger partial charge in [0, 0.05) is 12.7 Å². The summed E-state index contributed by atoms with van der Waals surface area (Å²) in [5.74, 6) is -0.604. The summed E-state index contributed by atoms with van der Waals surface area (Å²) in [6.45, 7) is 2.16. The van der Waals surface area contributed by atoms with Gasteiger partial charge in [0.15, 0.2) is 0 Å². The fraction of sp³-hybridized carbons (Fsp3) is 0.364. The van der Waals surface area contributed by atoms with Crippen LogP contribution in [0.25, 0.3) is 0 Å². The van der Waals surface area contributed by atoms with Crippen molar-refractivity contribution in [1.29, 1.82) is 0 Å². The number of imide groups is 1. The van der Waals surface area contributed by atoms with Crippen LogP contribution in [-0.4, -0.2) is 29.4 Å². The first-order valence-electron chi connectivity index (χ1n) is 5.37. The number of carbonyl (C=O) groups is 2. The lowest BCUT2D eigenvalue weighted by Gasteiger charge is -2.34. The van der Waals surface area contributed by atoms with Crippen LogP contribution in [0, 0.1) is 0 Å². The summed E-state index contributed by atoms with van der Waals surface area (Å²) < 4.78 is 0. The third-order valence-electron chi connectivity index (χ3n) is 2.79. The third-order valence-corrected chi connectivity index (χ3v) is 2.79. The van der Waals surface area contributed by atoms with Gasteiger partial charge in [0.25, 0.3) is 0 Å². The van der Waals surface area contributed by atoms with Crippen LogP contribution >= 0.6 is 0 Å². The molecule has 3 N–H and O–H groups in total. The zero-order valence-corrected chi connectivity index (χ0v) is 9.51. The highest BCUT2D eigenvalue weighted by Gasteiger charge is 2.31. The molecule has 2 heterocycles. The summed E-state index contributed by atoms with van der Waals surface area (Å²) in [6, 6.07) is 3.18. The van der Waals surface area contributed by atoms with Crippen molar-refractivity contribution in [3.05, 3.63) is 24.0 Å². The average molecular weight is 234 g/mol. The number of nitrogens with one attached hydrogen (secondary N) is 1. The zero-order valence-electron chi connectivity index (χ0n) is 9.51. The van der Waals surface area contributed by atoms with Gasteiger partial charge >= 0.3 is 0 Å². The Morgan fingerprint density at radius 1 is 1.59 bits per heavy atom. The second-order valence-electron chi connectivity index (χ2n) is 3.89. The Morgan fingerprint density at radius 3 is 3.06 bits per heavy atom. The van der Waals surface area contributed by atoms with E-state index in [0.29, 0.717) is 5.69 Å². The molecule has 0 radical (unpaired) electrons. The van der Waals surface area contributed by atoms with Gasteiger partial charge in [-0.15, -0.1) is 0 Å². The first kappa shape index (κ1) is 11.5. The maximum atomic E-state index is 11.6. The second-order valence-corrected chi connectivity index (χ2v) is 3.89. The number of pyridine rings is 1. The molecule has 1 unspecified atom stereocenters. The fourth-order valence-electron chi connectivity index (χ4n) is 1.86. The molecule has 6 nitrogen and oxygen atoms in total. The summed E-state index contributed by atoms with van der Waals surface area (Å²) in [5.41, 5.74) is 7.02. The molecule has 0 bridgehead atoms. The number of amides is 2. The maximum Gasteiger partial charge on any atom is 0.249 e. The van der Waals surface area contributed by atoms with Crippen molar-refractivity contribution >= 4 is 17.5 Å². The van der Waals surface area contributed by atoms with Crippen molar-refractivity contribution in [3.63, 3.8) is 0 Å². The Morgan fingerprint density at radius 2 is 2.35 bits per heavy atom. The van der Waals surface area contributed by atoms with E-state index in [1.54, 1.807) is 24.1 Å². The van der Waals surface area contributed by atoms with Crippen molar-refractivity contribution < 1.29 is 9.59 Å². The number of hydrogen-bond acceptors (Lipinski definition) is 5.